The van der Waals surface area contributed by atoms with Gasteiger partial charge in [0, 0.05) is 0 Å². The first-order valence-electron chi connectivity index (χ1n) is 7.12. The number of hydrogen-bond donors (Lipinski definition) is 1. The van der Waals surface area contributed by atoms with Gasteiger partial charge in [0.25, 0.3) is 0 Å². The number of nitrogens with two attached hydrogens (primary N) is 1. The second-order valence-corrected chi connectivity index (χ2v) is 4.68. The lowest BCUT2D eigenvalue weighted by Gasteiger charge is -2.05. The van der Waals surface area contributed by atoms with Crippen molar-refractivity contribution in [2.75, 3.05) is 6.54 Å². The van der Waals surface area contributed by atoms with Gasteiger partial charge in [-0.05, 0) is 13.0 Å². The van der Waals surface area contributed by atoms with Crippen LogP contribution in [0.25, 0.3) is 0 Å². The summed E-state index contributed by atoms with van der Waals surface area (Å²) in [7, 11) is 0. The quantitative estimate of drug-likeness (QED) is 0.584. The SMILES string of the molecule is C1CCC1.CCCCCCCCCCN. The van der Waals surface area contributed by atoms with Crippen LogP contribution in [-0.4, -0.2) is 6.54 Å². The van der Waals surface area contributed by atoms with Crippen molar-refractivity contribution in [3.8, 4) is 0 Å². The molecule has 0 unspecified atom stereocenters. The molecule has 0 radical (unpaired) electrons. The van der Waals surface area contributed by atoms with E-state index in [0.717, 1.165) is 6.54 Å². The first-order valence-corrected chi connectivity index (χ1v) is 7.12. The molecule has 92 valence electrons. The van der Waals surface area contributed by atoms with E-state index in [9.17, 15) is 0 Å². The van der Waals surface area contributed by atoms with E-state index in [4.69, 9.17) is 5.73 Å². The van der Waals surface area contributed by atoms with Gasteiger partial charge in [0.1, 0.15) is 0 Å². The Bertz CT molecular complexity index is 85.5. The van der Waals surface area contributed by atoms with Crippen LogP contribution in [0.4, 0.5) is 0 Å². The van der Waals surface area contributed by atoms with E-state index in [1.807, 2.05) is 0 Å². The summed E-state index contributed by atoms with van der Waals surface area (Å²) in [6.07, 6.45) is 17.0. The minimum atomic E-state index is 0.870. The van der Waals surface area contributed by atoms with Crippen LogP contribution in [-0.2, 0) is 0 Å². The molecule has 0 aliphatic heterocycles. The zero-order valence-corrected chi connectivity index (χ0v) is 10.8. The molecule has 2 N–H and O–H groups in total. The number of unbranched alkanes of at least 4 members (excludes halogenated alkanes) is 7. The van der Waals surface area contributed by atoms with Crippen LogP contribution in [0.3, 0.4) is 0 Å². The van der Waals surface area contributed by atoms with Crippen molar-refractivity contribution in [2.24, 2.45) is 5.73 Å². The van der Waals surface area contributed by atoms with Crippen molar-refractivity contribution in [1.29, 1.82) is 0 Å². The first-order chi connectivity index (χ1) is 7.41. The molecule has 0 spiro atoms. The molecule has 1 rings (SSSR count). The maximum absolute atomic E-state index is 5.39. The second kappa shape index (κ2) is 14.0. The molecular weight excluding hydrogens is 182 g/mol. The van der Waals surface area contributed by atoms with Crippen molar-refractivity contribution >= 4 is 0 Å². The third-order valence-corrected chi connectivity index (χ3v) is 3.06. The fourth-order valence-electron chi connectivity index (χ4n) is 1.53. The van der Waals surface area contributed by atoms with Gasteiger partial charge in [-0.15, -0.1) is 0 Å². The van der Waals surface area contributed by atoms with Crippen molar-refractivity contribution in [3.63, 3.8) is 0 Å². The van der Waals surface area contributed by atoms with Crippen LogP contribution in [0, 0.1) is 0 Å². The predicted molar refractivity (Wildman–Crippen MR) is 70.1 cm³/mol. The maximum atomic E-state index is 5.39. The van der Waals surface area contributed by atoms with Crippen LogP contribution in [0.15, 0.2) is 0 Å². The van der Waals surface area contributed by atoms with Gasteiger partial charge >= 0.3 is 0 Å². The fourth-order valence-corrected chi connectivity index (χ4v) is 1.53. The Morgan fingerprint density at radius 1 is 0.667 bits per heavy atom. The van der Waals surface area contributed by atoms with E-state index >= 15 is 0 Å². The molecule has 0 saturated heterocycles. The summed E-state index contributed by atoms with van der Waals surface area (Å²) in [6.45, 7) is 3.13. The van der Waals surface area contributed by atoms with Gasteiger partial charge < -0.3 is 5.73 Å². The van der Waals surface area contributed by atoms with Gasteiger partial charge in [-0.1, -0.05) is 77.6 Å². The molecule has 1 fully saturated rings. The highest BCUT2D eigenvalue weighted by Gasteiger charge is 1.95. The van der Waals surface area contributed by atoms with E-state index in [0.29, 0.717) is 0 Å². The molecule has 1 nitrogen and oxygen atoms in total. The molecular formula is C14H31N. The molecule has 0 atom stereocenters. The minimum absolute atomic E-state index is 0.870. The highest BCUT2D eigenvalue weighted by Crippen LogP contribution is 2.15. The normalized spacial score (nSPS) is 14.0. The molecule has 0 amide bonds. The minimum Gasteiger partial charge on any atom is -0.330 e. The molecule has 0 bridgehead atoms. The monoisotopic (exact) mass is 213 g/mol. The highest BCUT2D eigenvalue weighted by molar-refractivity contribution is 4.50. The lowest BCUT2D eigenvalue weighted by molar-refractivity contribution is 0.504. The Morgan fingerprint density at radius 2 is 1.07 bits per heavy atom. The zero-order valence-electron chi connectivity index (χ0n) is 10.8. The lowest BCUT2D eigenvalue weighted by Crippen LogP contribution is -1.97. The Morgan fingerprint density at radius 3 is 1.40 bits per heavy atom. The molecule has 1 saturated carbocycles. The average molecular weight is 213 g/mol. The summed E-state index contributed by atoms with van der Waals surface area (Å²) < 4.78 is 0. The molecule has 0 aromatic heterocycles. The Labute approximate surface area is 96.8 Å². The smallest absolute Gasteiger partial charge is 0.00773 e. The highest BCUT2D eigenvalue weighted by atomic mass is 14.5. The van der Waals surface area contributed by atoms with E-state index < -0.39 is 0 Å². The Kier molecular flexibility index (Phi) is 13.9. The van der Waals surface area contributed by atoms with Crippen LogP contribution in [0.2, 0.25) is 0 Å². The van der Waals surface area contributed by atoms with Gasteiger partial charge in [-0.2, -0.15) is 0 Å². The maximum Gasteiger partial charge on any atom is -0.00773 e. The number of hydrogen-bond acceptors (Lipinski definition) is 1. The summed E-state index contributed by atoms with van der Waals surface area (Å²) in [6, 6.07) is 0. The molecule has 15 heavy (non-hydrogen) atoms. The lowest BCUT2D eigenvalue weighted by atomic mass is 10.0. The number of rotatable bonds is 8. The van der Waals surface area contributed by atoms with E-state index in [2.05, 4.69) is 6.92 Å². The topological polar surface area (TPSA) is 26.0 Å². The van der Waals surface area contributed by atoms with Crippen molar-refractivity contribution < 1.29 is 0 Å². The van der Waals surface area contributed by atoms with Gasteiger partial charge in [-0.25, -0.2) is 0 Å². The zero-order chi connectivity index (χ0) is 11.2. The summed E-state index contributed by atoms with van der Waals surface area (Å²) in [5, 5.41) is 0. The Balaban J connectivity index is 0.000000401. The molecule has 0 aromatic carbocycles. The van der Waals surface area contributed by atoms with Crippen LogP contribution in [0.5, 0.6) is 0 Å². The summed E-state index contributed by atoms with van der Waals surface area (Å²) >= 11 is 0. The van der Waals surface area contributed by atoms with Crippen LogP contribution >= 0.6 is 0 Å². The van der Waals surface area contributed by atoms with Crippen LogP contribution in [0.1, 0.15) is 84.0 Å². The van der Waals surface area contributed by atoms with Gasteiger partial charge in [-0.3, -0.25) is 0 Å². The van der Waals surface area contributed by atoms with Crippen molar-refractivity contribution in [3.05, 3.63) is 0 Å². The van der Waals surface area contributed by atoms with Crippen molar-refractivity contribution in [1.82, 2.24) is 0 Å². The molecule has 1 heteroatoms. The van der Waals surface area contributed by atoms with Crippen LogP contribution < -0.4 is 5.73 Å². The first kappa shape index (κ1) is 15.0. The molecule has 1 aliphatic rings. The van der Waals surface area contributed by atoms with E-state index in [1.54, 1.807) is 0 Å². The van der Waals surface area contributed by atoms with E-state index in [-0.39, 0.29) is 0 Å². The Hall–Kier alpha value is -0.0400. The average Bonchev–Trinajstić information content (AvgIpc) is 2.14. The predicted octanol–water partition coefficient (Wildman–Crippen LogP) is 4.65. The molecule has 1 aliphatic carbocycles. The largest absolute Gasteiger partial charge is 0.330 e. The van der Waals surface area contributed by atoms with Crippen molar-refractivity contribution in [2.45, 2.75) is 84.0 Å². The summed E-state index contributed by atoms with van der Waals surface area (Å²) in [4.78, 5) is 0. The second-order valence-electron chi connectivity index (χ2n) is 4.68. The summed E-state index contributed by atoms with van der Waals surface area (Å²) in [5.74, 6) is 0. The fraction of sp³-hybridized carbons (Fsp3) is 1.00. The molecule has 0 aromatic rings. The van der Waals surface area contributed by atoms with Gasteiger partial charge in [0.2, 0.25) is 0 Å². The van der Waals surface area contributed by atoms with Gasteiger partial charge in [0.15, 0.2) is 0 Å². The molecule has 0 heterocycles. The third kappa shape index (κ3) is 14.0. The van der Waals surface area contributed by atoms with Gasteiger partial charge in [0.05, 0.1) is 0 Å². The summed E-state index contributed by atoms with van der Waals surface area (Å²) in [5.41, 5.74) is 5.39. The van der Waals surface area contributed by atoms with E-state index in [1.165, 1.54) is 77.0 Å². The standard InChI is InChI=1S/C10H23N.C4H8/c1-2-3-4-5-6-7-8-9-10-11;1-2-4-3-1/h2-11H2,1H3;1-4H2. The third-order valence-electron chi connectivity index (χ3n) is 3.06.